The number of carbonyl (C=O) groups excluding carboxylic acids is 1. The second kappa shape index (κ2) is 7.18. The molecule has 2 N–H and O–H groups in total. The number of nitro benzene ring substituents is 1. The number of amides is 1. The highest BCUT2D eigenvalue weighted by molar-refractivity contribution is 5.89. The first-order valence-corrected chi connectivity index (χ1v) is 7.75. The molecule has 0 spiro atoms. The minimum Gasteiger partial charge on any atom is -0.508 e. The van der Waals surface area contributed by atoms with E-state index >= 15 is 0 Å². The van der Waals surface area contributed by atoms with Crippen molar-refractivity contribution in [3.63, 3.8) is 0 Å². The van der Waals surface area contributed by atoms with E-state index in [0.717, 1.165) is 11.3 Å². The van der Waals surface area contributed by atoms with Crippen molar-refractivity contribution in [1.29, 1.82) is 0 Å². The Balaban J connectivity index is 1.64. The normalized spacial score (nSPS) is 13.8. The van der Waals surface area contributed by atoms with Crippen LogP contribution in [-0.2, 0) is 17.8 Å². The lowest BCUT2D eigenvalue weighted by Crippen LogP contribution is -2.23. The number of ether oxygens (including phenoxy) is 1. The fourth-order valence-corrected chi connectivity index (χ4v) is 2.63. The number of nitrogens with zero attached hydrogens (tertiary/aromatic N) is 2. The van der Waals surface area contributed by atoms with Gasteiger partial charge in [0, 0.05) is 36.5 Å². The Labute approximate surface area is 143 Å². The molecule has 2 aromatic carbocycles. The van der Waals surface area contributed by atoms with Gasteiger partial charge in [-0.1, -0.05) is 12.1 Å². The summed E-state index contributed by atoms with van der Waals surface area (Å²) in [4.78, 5) is 23.5. The zero-order valence-electron chi connectivity index (χ0n) is 13.3. The number of phenols is 1. The topological polar surface area (TPSA) is 105 Å². The molecule has 1 aliphatic heterocycles. The number of hydrogen-bond acceptors (Lipinski definition) is 6. The van der Waals surface area contributed by atoms with Crippen LogP contribution in [0.15, 0.2) is 42.5 Å². The van der Waals surface area contributed by atoms with Gasteiger partial charge in [0.25, 0.3) is 5.69 Å². The van der Waals surface area contributed by atoms with Crippen molar-refractivity contribution in [1.82, 2.24) is 5.32 Å². The summed E-state index contributed by atoms with van der Waals surface area (Å²) in [5, 5.41) is 23.8. The van der Waals surface area contributed by atoms with Gasteiger partial charge in [-0.3, -0.25) is 15.0 Å². The van der Waals surface area contributed by atoms with Gasteiger partial charge < -0.3 is 15.2 Å². The first-order valence-electron chi connectivity index (χ1n) is 7.75. The maximum Gasteiger partial charge on any atom is 0.414 e. The van der Waals surface area contributed by atoms with Crippen molar-refractivity contribution in [3.05, 3.63) is 63.7 Å². The molecule has 1 heterocycles. The van der Waals surface area contributed by atoms with Gasteiger partial charge in [-0.25, -0.2) is 4.79 Å². The molecule has 3 rings (SSSR count). The lowest BCUT2D eigenvalue weighted by Gasteiger charge is -2.14. The van der Waals surface area contributed by atoms with Crippen molar-refractivity contribution in [3.8, 4) is 5.75 Å². The van der Waals surface area contributed by atoms with E-state index in [1.54, 1.807) is 4.90 Å². The molecule has 0 atom stereocenters. The third-order valence-electron chi connectivity index (χ3n) is 3.90. The molecule has 1 amide bonds. The molecule has 1 aliphatic rings. The van der Waals surface area contributed by atoms with E-state index in [1.807, 2.05) is 24.3 Å². The maximum absolute atomic E-state index is 11.6. The highest BCUT2D eigenvalue weighted by Crippen LogP contribution is 2.23. The van der Waals surface area contributed by atoms with Crippen LogP contribution >= 0.6 is 0 Å². The number of cyclic esters (lactones) is 1. The first kappa shape index (κ1) is 16.7. The van der Waals surface area contributed by atoms with E-state index in [2.05, 4.69) is 5.32 Å². The van der Waals surface area contributed by atoms with Gasteiger partial charge in [-0.2, -0.15) is 0 Å². The van der Waals surface area contributed by atoms with E-state index in [-0.39, 0.29) is 24.1 Å². The Bertz CT molecular complexity index is 809. The van der Waals surface area contributed by atoms with Gasteiger partial charge in [0.1, 0.15) is 12.4 Å². The van der Waals surface area contributed by atoms with Gasteiger partial charge in [-0.15, -0.1) is 0 Å². The maximum atomic E-state index is 11.6. The summed E-state index contributed by atoms with van der Waals surface area (Å²) in [6.45, 7) is 1.67. The molecule has 0 unspecified atom stereocenters. The van der Waals surface area contributed by atoms with Crippen molar-refractivity contribution in [2.45, 2.75) is 13.1 Å². The number of nitro groups is 1. The van der Waals surface area contributed by atoms with E-state index in [1.165, 1.54) is 18.2 Å². The summed E-state index contributed by atoms with van der Waals surface area (Å²) >= 11 is 0. The zero-order valence-corrected chi connectivity index (χ0v) is 13.3. The van der Waals surface area contributed by atoms with Crippen molar-refractivity contribution in [2.75, 3.05) is 18.1 Å². The van der Waals surface area contributed by atoms with Crippen LogP contribution < -0.4 is 10.2 Å². The SMILES string of the molecule is O=C1OCCN1c1cccc(CNCc2cc([N+](=O)[O-])ccc2O)c1. The van der Waals surface area contributed by atoms with E-state index in [0.29, 0.717) is 25.3 Å². The predicted octanol–water partition coefficient (Wildman–Crippen LogP) is 2.55. The Kier molecular flexibility index (Phi) is 4.80. The number of carbonyl (C=O) groups is 1. The molecule has 0 saturated carbocycles. The fourth-order valence-electron chi connectivity index (χ4n) is 2.63. The molecule has 0 aliphatic carbocycles. The Morgan fingerprint density at radius 2 is 2.08 bits per heavy atom. The van der Waals surface area contributed by atoms with Crippen LogP contribution in [0.1, 0.15) is 11.1 Å². The molecule has 25 heavy (non-hydrogen) atoms. The quantitative estimate of drug-likeness (QED) is 0.617. The highest BCUT2D eigenvalue weighted by Gasteiger charge is 2.23. The Morgan fingerprint density at radius 1 is 1.24 bits per heavy atom. The standard InChI is InChI=1S/C17H17N3O5/c21-16-5-4-15(20(23)24)9-13(16)11-18-10-12-2-1-3-14(8-12)19-6-7-25-17(19)22/h1-5,8-9,18,21H,6-7,10-11H2. The van der Waals surface area contributed by atoms with Crippen molar-refractivity contribution < 1.29 is 19.6 Å². The van der Waals surface area contributed by atoms with Crippen LogP contribution in [0.5, 0.6) is 5.75 Å². The summed E-state index contributed by atoms with van der Waals surface area (Å²) in [6.07, 6.45) is -0.355. The molecule has 130 valence electrons. The average Bonchev–Trinajstić information content (AvgIpc) is 3.02. The van der Waals surface area contributed by atoms with E-state index in [9.17, 15) is 20.0 Å². The lowest BCUT2D eigenvalue weighted by molar-refractivity contribution is -0.384. The second-order valence-corrected chi connectivity index (χ2v) is 5.61. The third-order valence-corrected chi connectivity index (χ3v) is 3.90. The summed E-state index contributed by atoms with van der Waals surface area (Å²) in [7, 11) is 0. The number of benzene rings is 2. The zero-order chi connectivity index (χ0) is 17.8. The van der Waals surface area contributed by atoms with E-state index in [4.69, 9.17) is 4.74 Å². The third kappa shape index (κ3) is 3.86. The summed E-state index contributed by atoms with van der Waals surface area (Å²) in [6, 6.07) is 11.4. The first-order chi connectivity index (χ1) is 12.0. The Hall–Kier alpha value is -3.13. The lowest BCUT2D eigenvalue weighted by atomic mass is 10.1. The van der Waals surface area contributed by atoms with Gasteiger partial charge in [0.2, 0.25) is 0 Å². The molecule has 0 bridgehead atoms. The van der Waals surface area contributed by atoms with Gasteiger partial charge in [0.15, 0.2) is 0 Å². The molecule has 8 heteroatoms. The van der Waals surface area contributed by atoms with Crippen molar-refractivity contribution >= 4 is 17.5 Å². The number of non-ortho nitro benzene ring substituents is 1. The van der Waals surface area contributed by atoms with Crippen LogP contribution in [0.25, 0.3) is 0 Å². The molecular weight excluding hydrogens is 326 g/mol. The van der Waals surface area contributed by atoms with Crippen LogP contribution in [0.2, 0.25) is 0 Å². The predicted molar refractivity (Wildman–Crippen MR) is 90.4 cm³/mol. The van der Waals surface area contributed by atoms with Gasteiger partial charge in [-0.05, 0) is 23.8 Å². The molecular formula is C17H17N3O5. The molecule has 0 aromatic heterocycles. The number of rotatable bonds is 6. The number of nitrogens with one attached hydrogen (secondary N) is 1. The smallest absolute Gasteiger partial charge is 0.414 e. The number of hydrogen-bond donors (Lipinski definition) is 2. The van der Waals surface area contributed by atoms with Crippen LogP contribution in [-0.4, -0.2) is 29.3 Å². The fraction of sp³-hybridized carbons (Fsp3) is 0.235. The summed E-state index contributed by atoms with van der Waals surface area (Å²) in [5.74, 6) is 0.00617. The minimum absolute atomic E-state index is 0.00617. The summed E-state index contributed by atoms with van der Waals surface area (Å²) in [5.41, 5.74) is 2.10. The van der Waals surface area contributed by atoms with Crippen molar-refractivity contribution in [2.24, 2.45) is 0 Å². The van der Waals surface area contributed by atoms with Crippen LogP contribution in [0.3, 0.4) is 0 Å². The van der Waals surface area contributed by atoms with Gasteiger partial charge >= 0.3 is 6.09 Å². The van der Waals surface area contributed by atoms with Crippen LogP contribution in [0.4, 0.5) is 16.2 Å². The molecule has 1 fully saturated rings. The molecule has 8 nitrogen and oxygen atoms in total. The second-order valence-electron chi connectivity index (χ2n) is 5.61. The minimum atomic E-state index is -0.498. The van der Waals surface area contributed by atoms with Gasteiger partial charge in [0.05, 0.1) is 11.5 Å². The number of aromatic hydroxyl groups is 1. The van der Waals surface area contributed by atoms with Crippen LogP contribution in [0, 0.1) is 10.1 Å². The number of phenolic OH excluding ortho intramolecular Hbond substituents is 1. The monoisotopic (exact) mass is 343 g/mol. The molecule has 1 saturated heterocycles. The molecule has 2 aromatic rings. The average molecular weight is 343 g/mol. The largest absolute Gasteiger partial charge is 0.508 e. The highest BCUT2D eigenvalue weighted by atomic mass is 16.6. The Morgan fingerprint density at radius 3 is 2.80 bits per heavy atom. The molecule has 0 radical (unpaired) electrons. The number of anilines is 1. The summed E-state index contributed by atoms with van der Waals surface area (Å²) < 4.78 is 4.93. The van der Waals surface area contributed by atoms with E-state index < -0.39 is 4.92 Å².